The van der Waals surface area contributed by atoms with E-state index in [1.54, 1.807) is 6.07 Å². The number of imide groups is 1. The number of oxazole rings is 1. The largest absolute Gasteiger partial charge is 0.446 e. The molecule has 0 radical (unpaired) electrons. The van der Waals surface area contributed by atoms with Gasteiger partial charge in [0.2, 0.25) is 0 Å². The molecule has 3 aliphatic rings. The Morgan fingerprint density at radius 1 is 0.677 bits per heavy atom. The van der Waals surface area contributed by atoms with Crippen LogP contribution in [0.2, 0.25) is 0 Å². The van der Waals surface area contributed by atoms with Gasteiger partial charge in [0.05, 0.1) is 118 Å². The summed E-state index contributed by atoms with van der Waals surface area (Å²) in [4.78, 5) is 46.5. The molecule has 2 amide bonds. The minimum Gasteiger partial charge on any atom is -0.446 e. The predicted molar refractivity (Wildman–Crippen MR) is 222 cm³/mol. The highest BCUT2D eigenvalue weighted by atomic mass is 19.1. The number of benzene rings is 2. The van der Waals surface area contributed by atoms with Gasteiger partial charge in [0, 0.05) is 67.1 Å². The Hall–Kier alpha value is -4.99. The van der Waals surface area contributed by atoms with Crippen LogP contribution < -0.4 is 9.80 Å². The highest BCUT2D eigenvalue weighted by Gasteiger charge is 2.29. The van der Waals surface area contributed by atoms with Gasteiger partial charge in [0.1, 0.15) is 17.9 Å². The van der Waals surface area contributed by atoms with Gasteiger partial charge >= 0.3 is 6.09 Å². The Labute approximate surface area is 358 Å². The summed E-state index contributed by atoms with van der Waals surface area (Å²) in [5, 5.41) is 0.805. The summed E-state index contributed by atoms with van der Waals surface area (Å²) in [5.41, 5.74) is 4.71. The van der Waals surface area contributed by atoms with Crippen molar-refractivity contribution in [1.82, 2.24) is 14.5 Å². The van der Waals surface area contributed by atoms with E-state index >= 15 is 0 Å². The number of morpholine rings is 1. The second kappa shape index (κ2) is 23.5. The van der Waals surface area contributed by atoms with E-state index in [9.17, 15) is 18.8 Å². The monoisotopic (exact) mass is 867 g/mol. The Morgan fingerprint density at radius 2 is 1.26 bits per heavy atom. The standard InChI is InChI=1S/C43H54FN5O13/c44-32-1-3-34-35-31-47(33-2-4-39-36(30-33)45-42(62-39)46-9-12-53-13-10-46)8-7-37(35)49(38(34)29-32)43(52)61-28-27-60-26-25-59-24-23-58-22-21-57-20-19-56-18-17-55-16-15-54-14-11-48-40(50)5-6-41(48)51/h1-6,29-30H,7-28,31H2. The first-order chi connectivity index (χ1) is 30.5. The predicted octanol–water partition coefficient (Wildman–Crippen LogP) is 3.35. The smallest absolute Gasteiger partial charge is 0.418 e. The number of hydrogen-bond acceptors (Lipinski definition) is 16. The van der Waals surface area contributed by atoms with Gasteiger partial charge in [-0.2, -0.15) is 4.98 Å². The molecule has 2 aromatic carbocycles. The summed E-state index contributed by atoms with van der Waals surface area (Å²) in [5.74, 6) is -1.07. The van der Waals surface area contributed by atoms with Crippen LogP contribution in [-0.4, -0.2) is 171 Å². The van der Waals surface area contributed by atoms with Crippen LogP contribution >= 0.6 is 0 Å². The van der Waals surface area contributed by atoms with E-state index < -0.39 is 11.9 Å². The zero-order valence-electron chi connectivity index (χ0n) is 34.8. The molecule has 19 heteroatoms. The average Bonchev–Trinajstić information content (AvgIpc) is 3.96. The Morgan fingerprint density at radius 3 is 1.87 bits per heavy atom. The van der Waals surface area contributed by atoms with Crippen LogP contribution in [0.4, 0.5) is 20.9 Å². The number of hydrogen-bond donors (Lipinski definition) is 0. The summed E-state index contributed by atoms with van der Waals surface area (Å²) < 4.78 is 71.5. The first-order valence-electron chi connectivity index (χ1n) is 21.0. The quantitative estimate of drug-likeness (QED) is 0.0663. The molecular formula is C43H54FN5O13. The molecule has 7 rings (SSSR count). The van der Waals surface area contributed by atoms with Gasteiger partial charge < -0.3 is 56.8 Å². The molecule has 0 spiro atoms. The van der Waals surface area contributed by atoms with E-state index in [4.69, 9.17) is 52.0 Å². The lowest BCUT2D eigenvalue weighted by atomic mass is 10.0. The van der Waals surface area contributed by atoms with Crippen molar-refractivity contribution >= 4 is 51.6 Å². The van der Waals surface area contributed by atoms with Crippen molar-refractivity contribution < 1.29 is 65.8 Å². The summed E-state index contributed by atoms with van der Waals surface area (Å²) in [6.07, 6.45) is 2.48. The van der Waals surface area contributed by atoms with Gasteiger partial charge in [-0.15, -0.1) is 0 Å². The molecular weight excluding hydrogens is 813 g/mol. The number of aromatic nitrogens is 2. The topological polar surface area (TPSA) is 175 Å². The molecule has 3 aliphatic heterocycles. The maximum atomic E-state index is 14.5. The Balaban J connectivity index is 0.704. The summed E-state index contributed by atoms with van der Waals surface area (Å²) >= 11 is 0. The molecule has 5 heterocycles. The van der Waals surface area contributed by atoms with Crippen molar-refractivity contribution in [3.63, 3.8) is 0 Å². The van der Waals surface area contributed by atoms with E-state index in [0.717, 1.165) is 45.8 Å². The molecule has 0 N–H and O–H groups in total. The minimum atomic E-state index is -0.572. The van der Waals surface area contributed by atoms with E-state index in [-0.39, 0.29) is 38.2 Å². The number of ether oxygens (including phenoxy) is 9. The molecule has 2 aromatic heterocycles. The number of rotatable bonds is 26. The Kier molecular flexibility index (Phi) is 17.0. The van der Waals surface area contributed by atoms with Crippen molar-refractivity contribution in [3.8, 4) is 0 Å². The van der Waals surface area contributed by atoms with Crippen molar-refractivity contribution in [3.05, 3.63) is 65.6 Å². The third kappa shape index (κ3) is 12.3. The average molecular weight is 868 g/mol. The lowest BCUT2D eigenvalue weighted by molar-refractivity contribution is -0.137. The lowest BCUT2D eigenvalue weighted by Gasteiger charge is -2.30. The number of carbonyl (C=O) groups is 3. The summed E-state index contributed by atoms with van der Waals surface area (Å²) in [7, 11) is 0. The number of anilines is 2. The third-order valence-electron chi connectivity index (χ3n) is 10.3. The highest BCUT2D eigenvalue weighted by molar-refractivity contribution is 6.12. The second-order valence-electron chi connectivity index (χ2n) is 14.4. The van der Waals surface area contributed by atoms with Crippen LogP contribution in [0.5, 0.6) is 0 Å². The van der Waals surface area contributed by atoms with Gasteiger partial charge in [0.15, 0.2) is 5.58 Å². The molecule has 1 saturated heterocycles. The molecule has 336 valence electrons. The maximum absolute atomic E-state index is 14.5. The molecule has 18 nitrogen and oxygen atoms in total. The van der Waals surface area contributed by atoms with Crippen molar-refractivity contribution in [1.29, 1.82) is 0 Å². The SMILES string of the molecule is O=C1C=CC(=O)N1CCOCCOCCOCCOCCOCCOCCOCCOC(=O)n1c2c(c3ccc(F)cc31)CN(c1ccc3oc(N4CCOCC4)nc3c1)CC2. The van der Waals surface area contributed by atoms with Crippen LogP contribution in [0.15, 0.2) is 53.0 Å². The van der Waals surface area contributed by atoms with Crippen molar-refractivity contribution in [2.24, 2.45) is 0 Å². The molecule has 0 saturated carbocycles. The molecule has 0 atom stereocenters. The zero-order valence-corrected chi connectivity index (χ0v) is 34.8. The van der Waals surface area contributed by atoms with E-state index in [0.29, 0.717) is 129 Å². The second-order valence-corrected chi connectivity index (χ2v) is 14.4. The minimum absolute atomic E-state index is 0.0327. The lowest BCUT2D eigenvalue weighted by Crippen LogP contribution is -2.36. The normalized spacial score (nSPS) is 15.5. The molecule has 1 fully saturated rings. The first-order valence-corrected chi connectivity index (χ1v) is 21.0. The van der Waals surface area contributed by atoms with Gasteiger partial charge in [-0.05, 0) is 36.4 Å². The van der Waals surface area contributed by atoms with Gasteiger partial charge in [-0.3, -0.25) is 14.5 Å². The maximum Gasteiger partial charge on any atom is 0.418 e. The summed E-state index contributed by atoms with van der Waals surface area (Å²) in [6.45, 7) is 9.39. The van der Waals surface area contributed by atoms with E-state index in [2.05, 4.69) is 9.80 Å². The van der Waals surface area contributed by atoms with E-state index in [1.165, 1.54) is 28.9 Å². The number of amides is 2. The summed E-state index contributed by atoms with van der Waals surface area (Å²) in [6, 6.07) is 11.1. The van der Waals surface area contributed by atoms with Crippen LogP contribution in [0, 0.1) is 5.82 Å². The highest BCUT2D eigenvalue weighted by Crippen LogP contribution is 2.35. The number of halogens is 1. The molecule has 0 unspecified atom stereocenters. The van der Waals surface area contributed by atoms with Crippen molar-refractivity contribution in [2.45, 2.75) is 13.0 Å². The third-order valence-corrected chi connectivity index (χ3v) is 10.3. The van der Waals surface area contributed by atoms with E-state index in [1.807, 2.05) is 18.2 Å². The molecule has 0 aliphatic carbocycles. The van der Waals surface area contributed by atoms with Gasteiger partial charge in [-0.1, -0.05) is 0 Å². The fourth-order valence-corrected chi connectivity index (χ4v) is 7.23. The van der Waals surface area contributed by atoms with Gasteiger partial charge in [-0.25, -0.2) is 13.8 Å². The first kappa shape index (κ1) is 45.0. The van der Waals surface area contributed by atoms with Crippen LogP contribution in [0.25, 0.3) is 22.0 Å². The molecule has 62 heavy (non-hydrogen) atoms. The van der Waals surface area contributed by atoms with Crippen LogP contribution in [0.3, 0.4) is 0 Å². The van der Waals surface area contributed by atoms with Crippen LogP contribution in [-0.2, 0) is 65.2 Å². The van der Waals surface area contributed by atoms with Crippen LogP contribution in [0.1, 0.15) is 11.3 Å². The fraction of sp³-hybridized carbons (Fsp3) is 0.535. The Bertz CT molecular complexity index is 2100. The molecule has 4 aromatic rings. The fourth-order valence-electron chi connectivity index (χ4n) is 7.23. The number of carbonyl (C=O) groups excluding carboxylic acids is 3. The molecule has 0 bridgehead atoms. The zero-order chi connectivity index (χ0) is 42.9. The van der Waals surface area contributed by atoms with Gasteiger partial charge in [0.25, 0.3) is 17.8 Å². The van der Waals surface area contributed by atoms with Crippen molar-refractivity contribution in [2.75, 3.05) is 148 Å². The number of fused-ring (bicyclic) bond motifs is 4. The number of nitrogens with zero attached hydrogens (tertiary/aromatic N) is 5.